The van der Waals surface area contributed by atoms with E-state index in [0.29, 0.717) is 35.1 Å². The lowest BCUT2D eigenvalue weighted by molar-refractivity contribution is -0.143. The Morgan fingerprint density at radius 1 is 1.10 bits per heavy atom. The van der Waals surface area contributed by atoms with Crippen molar-refractivity contribution in [3.63, 3.8) is 0 Å². The number of benzene rings is 2. The maximum absolute atomic E-state index is 13.3. The Morgan fingerprint density at radius 3 is 2.32 bits per heavy atom. The third kappa shape index (κ3) is 4.81. The normalized spacial score (nSPS) is 23.9. The van der Waals surface area contributed by atoms with Gasteiger partial charge in [-0.1, -0.05) is 48.6 Å². The van der Waals surface area contributed by atoms with E-state index in [4.69, 9.17) is 5.73 Å². The molecule has 5 rings (SSSR count). The summed E-state index contributed by atoms with van der Waals surface area (Å²) >= 11 is 0. The second-order valence-corrected chi connectivity index (χ2v) is 10.7. The molecule has 2 aromatic rings. The Bertz CT molecular complexity index is 1570. The zero-order valence-corrected chi connectivity index (χ0v) is 22.7. The van der Waals surface area contributed by atoms with Gasteiger partial charge in [0.1, 0.15) is 5.76 Å². The molecule has 0 radical (unpaired) electrons. The van der Waals surface area contributed by atoms with Crippen LogP contribution < -0.4 is 5.73 Å². The standard InChI is InChI=1S/C31H28F3NO4.C2H2/c1-15-4-8-19(9-5-18-6-10-21(11-7-18)31(32,33)34)23-14-20-13-22-12-16(2)25(29(35)38)27(36)30(22,39)28(37)26(20)17(3)24(15)23;1-2/h4-11,20,22,37,39H,3,12-14H2,1-2H3,(H2,35,38);1-2H/b9-5+;/t20?,22-,30-;/m1./s1. The summed E-state index contributed by atoms with van der Waals surface area (Å²) < 4.78 is 38.8. The summed E-state index contributed by atoms with van der Waals surface area (Å²) in [5, 5.41) is 22.9. The molecular formula is C33H30F3NO4. The van der Waals surface area contributed by atoms with Crippen LogP contribution in [-0.2, 0) is 22.2 Å². The summed E-state index contributed by atoms with van der Waals surface area (Å²) in [6.45, 7) is 7.76. The molecule has 0 aromatic heterocycles. The highest BCUT2D eigenvalue weighted by Gasteiger charge is 2.58. The van der Waals surface area contributed by atoms with Gasteiger partial charge in [0.15, 0.2) is 5.60 Å². The molecule has 0 saturated carbocycles. The maximum Gasteiger partial charge on any atom is 0.416 e. The molecule has 1 unspecified atom stereocenters. The molecule has 4 N–H and O–H groups in total. The van der Waals surface area contributed by atoms with Crippen LogP contribution in [0, 0.1) is 31.6 Å². The van der Waals surface area contributed by atoms with Crippen molar-refractivity contribution in [1.82, 2.24) is 0 Å². The third-order valence-electron chi connectivity index (χ3n) is 8.31. The number of hydrogen-bond donors (Lipinski definition) is 3. The van der Waals surface area contributed by atoms with Crippen molar-refractivity contribution in [3.05, 3.63) is 98.8 Å². The van der Waals surface area contributed by atoms with E-state index in [1.54, 1.807) is 13.0 Å². The van der Waals surface area contributed by atoms with E-state index in [9.17, 15) is 33.0 Å². The van der Waals surface area contributed by atoms with Gasteiger partial charge in [-0.05, 0) is 84.6 Å². The van der Waals surface area contributed by atoms with Crippen molar-refractivity contribution >= 4 is 29.4 Å². The highest BCUT2D eigenvalue weighted by atomic mass is 19.4. The molecule has 1 amide bonds. The first kappa shape index (κ1) is 29.6. The second kappa shape index (κ2) is 10.6. The molecular weight excluding hydrogens is 531 g/mol. The van der Waals surface area contributed by atoms with Crippen LogP contribution >= 0.6 is 0 Å². The summed E-state index contributed by atoms with van der Waals surface area (Å²) in [6, 6.07) is 8.73. The molecule has 2 aromatic carbocycles. The molecule has 0 fully saturated rings. The fourth-order valence-corrected chi connectivity index (χ4v) is 6.43. The molecule has 0 bridgehead atoms. The van der Waals surface area contributed by atoms with Crippen LogP contribution in [0.2, 0.25) is 0 Å². The van der Waals surface area contributed by atoms with E-state index in [-0.39, 0.29) is 17.9 Å². The van der Waals surface area contributed by atoms with E-state index in [1.165, 1.54) is 12.1 Å². The number of alkyl halides is 3. The molecule has 0 aliphatic heterocycles. The zero-order chi connectivity index (χ0) is 30.4. The minimum absolute atomic E-state index is 0.231. The van der Waals surface area contributed by atoms with Crippen LogP contribution in [0.3, 0.4) is 0 Å². The van der Waals surface area contributed by atoms with Crippen LogP contribution in [0.15, 0.2) is 65.5 Å². The number of carbonyl (C=O) groups is 2. The highest BCUT2D eigenvalue weighted by molar-refractivity contribution is 6.24. The Morgan fingerprint density at radius 2 is 1.73 bits per heavy atom. The average molecular weight is 562 g/mol. The van der Waals surface area contributed by atoms with Gasteiger partial charge in [-0.3, -0.25) is 9.59 Å². The predicted molar refractivity (Wildman–Crippen MR) is 152 cm³/mol. The summed E-state index contributed by atoms with van der Waals surface area (Å²) in [7, 11) is 0. The van der Waals surface area contributed by atoms with Gasteiger partial charge in [0, 0.05) is 11.5 Å². The number of hydrogen-bond acceptors (Lipinski definition) is 4. The smallest absolute Gasteiger partial charge is 0.416 e. The highest BCUT2D eigenvalue weighted by Crippen LogP contribution is 2.54. The largest absolute Gasteiger partial charge is 0.508 e. The van der Waals surface area contributed by atoms with Gasteiger partial charge in [0.2, 0.25) is 5.78 Å². The van der Waals surface area contributed by atoms with Gasteiger partial charge in [0.25, 0.3) is 5.91 Å². The molecule has 41 heavy (non-hydrogen) atoms. The van der Waals surface area contributed by atoms with E-state index in [1.807, 2.05) is 25.1 Å². The summed E-state index contributed by atoms with van der Waals surface area (Å²) in [5.74, 6) is -3.15. The van der Waals surface area contributed by atoms with Crippen LogP contribution in [0.1, 0.15) is 53.1 Å². The number of allylic oxidation sites excluding steroid dienone is 3. The molecule has 212 valence electrons. The van der Waals surface area contributed by atoms with Gasteiger partial charge >= 0.3 is 6.18 Å². The fourth-order valence-electron chi connectivity index (χ4n) is 6.43. The van der Waals surface area contributed by atoms with Crippen molar-refractivity contribution in [2.45, 2.75) is 44.9 Å². The van der Waals surface area contributed by atoms with Gasteiger partial charge < -0.3 is 15.9 Å². The van der Waals surface area contributed by atoms with Gasteiger partial charge in [-0.2, -0.15) is 13.2 Å². The summed E-state index contributed by atoms with van der Waals surface area (Å²) in [5.41, 5.74) is 7.71. The number of rotatable bonds is 3. The van der Waals surface area contributed by atoms with E-state index < -0.39 is 40.7 Å². The number of aryl methyl sites for hydroxylation is 1. The Balaban J connectivity index is 0.00000189. The van der Waals surface area contributed by atoms with E-state index in [0.717, 1.165) is 34.4 Å². The van der Waals surface area contributed by atoms with Crippen LogP contribution in [0.4, 0.5) is 13.2 Å². The van der Waals surface area contributed by atoms with E-state index in [2.05, 4.69) is 19.4 Å². The van der Waals surface area contributed by atoms with Gasteiger partial charge in [-0.15, -0.1) is 12.8 Å². The van der Waals surface area contributed by atoms with Gasteiger partial charge in [-0.25, -0.2) is 0 Å². The van der Waals surface area contributed by atoms with Crippen molar-refractivity contribution < 1.29 is 33.0 Å². The lowest BCUT2D eigenvalue weighted by atomic mass is 9.58. The number of primary amides is 1. The number of amides is 1. The van der Waals surface area contributed by atoms with Crippen LogP contribution in [0.5, 0.6) is 0 Å². The number of fused-ring (bicyclic) bond motifs is 3. The topological polar surface area (TPSA) is 101 Å². The first-order valence-electron chi connectivity index (χ1n) is 13.0. The molecule has 0 heterocycles. The third-order valence-corrected chi connectivity index (χ3v) is 8.31. The summed E-state index contributed by atoms with van der Waals surface area (Å²) in [4.78, 5) is 25.3. The number of carbonyl (C=O) groups excluding carboxylic acids is 2. The quantitative estimate of drug-likeness (QED) is 0.245. The molecule has 0 spiro atoms. The van der Waals surface area contributed by atoms with Crippen molar-refractivity contribution in [3.8, 4) is 12.8 Å². The Labute approximate surface area is 236 Å². The SMILES string of the molecule is C#C.C=C1C2=C(O)[C@]3(O)C(=O)C(C(N)=O)=C(C)C[C@@H]3CC2Cc2c(/C=C/c3ccc(C(F)(F)F)cc3)ccc(C)c21. The minimum atomic E-state index is -4.40. The average Bonchev–Trinajstić information content (AvgIpc) is 2.91. The lowest BCUT2D eigenvalue weighted by Crippen LogP contribution is -2.56. The zero-order valence-electron chi connectivity index (χ0n) is 22.7. The molecule has 8 heteroatoms. The number of halogens is 3. The second-order valence-electron chi connectivity index (χ2n) is 10.7. The number of aliphatic hydroxyl groups is 2. The van der Waals surface area contributed by atoms with E-state index >= 15 is 0 Å². The lowest BCUT2D eigenvalue weighted by Gasteiger charge is -2.47. The molecule has 3 aliphatic carbocycles. The molecule has 3 aliphatic rings. The van der Waals surface area contributed by atoms with Crippen LogP contribution in [-0.4, -0.2) is 27.5 Å². The maximum atomic E-state index is 13.3. The monoisotopic (exact) mass is 561 g/mol. The predicted octanol–water partition coefficient (Wildman–Crippen LogP) is 5.96. The number of aliphatic hydroxyl groups excluding tert-OH is 1. The number of ketones is 1. The number of Topliss-reactive ketones (excluding diaryl/α,β-unsaturated/α-hetero) is 1. The Hall–Kier alpha value is -4.35. The first-order valence-corrected chi connectivity index (χ1v) is 13.0. The number of terminal acetylenes is 1. The van der Waals surface area contributed by atoms with Crippen molar-refractivity contribution in [2.75, 3.05) is 0 Å². The Kier molecular flexibility index (Phi) is 7.63. The summed E-state index contributed by atoms with van der Waals surface area (Å²) in [6.07, 6.45) is 8.32. The van der Waals surface area contributed by atoms with Crippen LogP contribution in [0.25, 0.3) is 17.7 Å². The number of nitrogens with two attached hydrogens (primary N) is 1. The minimum Gasteiger partial charge on any atom is -0.508 e. The molecule has 3 atom stereocenters. The van der Waals surface area contributed by atoms with Crippen molar-refractivity contribution in [2.24, 2.45) is 17.6 Å². The fraction of sp³-hybridized carbons (Fsp3) is 0.273. The van der Waals surface area contributed by atoms with Crippen molar-refractivity contribution in [1.29, 1.82) is 0 Å². The molecule has 0 saturated heterocycles. The first-order chi connectivity index (χ1) is 19.2. The molecule has 5 nitrogen and oxygen atoms in total. The van der Waals surface area contributed by atoms with Gasteiger partial charge in [0.05, 0.1) is 11.1 Å².